The molecule has 2 amide bonds. The molecular formula is C17H26ClN3O4. The van der Waals surface area contributed by atoms with E-state index in [0.717, 1.165) is 0 Å². The number of benzene rings is 1. The van der Waals surface area contributed by atoms with E-state index in [1.54, 1.807) is 51.3 Å². The Kier molecular flexibility index (Phi) is 7.51. The van der Waals surface area contributed by atoms with Gasteiger partial charge in [0.25, 0.3) is 0 Å². The van der Waals surface area contributed by atoms with Crippen LogP contribution in [0.4, 0.5) is 5.69 Å². The molecule has 0 aromatic heterocycles. The molecule has 8 heteroatoms. The van der Waals surface area contributed by atoms with Crippen molar-refractivity contribution >= 4 is 29.9 Å². The van der Waals surface area contributed by atoms with Crippen LogP contribution in [0, 0.1) is 5.92 Å². The highest BCUT2D eigenvalue weighted by atomic mass is 35.5. The van der Waals surface area contributed by atoms with Gasteiger partial charge >= 0.3 is 0 Å². The lowest BCUT2D eigenvalue weighted by molar-refractivity contribution is -0.139. The van der Waals surface area contributed by atoms with Gasteiger partial charge in [-0.3, -0.25) is 9.59 Å². The zero-order valence-electron chi connectivity index (χ0n) is 15.0. The topological polar surface area (TPSA) is 85.1 Å². The molecule has 0 aliphatic carbocycles. The summed E-state index contributed by atoms with van der Waals surface area (Å²) in [6.07, 6.45) is 0.581. The first-order chi connectivity index (χ1) is 11.4. The van der Waals surface area contributed by atoms with Crippen molar-refractivity contribution in [1.29, 1.82) is 0 Å². The van der Waals surface area contributed by atoms with Gasteiger partial charge < -0.3 is 25.0 Å². The number of ether oxygens (including phenoxy) is 2. The predicted molar refractivity (Wildman–Crippen MR) is 98.5 cm³/mol. The van der Waals surface area contributed by atoms with Crippen LogP contribution in [0.15, 0.2) is 18.2 Å². The average molecular weight is 372 g/mol. The van der Waals surface area contributed by atoms with E-state index in [1.165, 1.54) is 4.90 Å². The van der Waals surface area contributed by atoms with Crippen LogP contribution < -0.4 is 20.1 Å². The number of likely N-dealkylation sites (N-methyl/N-ethyl adjacent to an activating group) is 1. The summed E-state index contributed by atoms with van der Waals surface area (Å²) in [5, 5.41) is 0. The summed E-state index contributed by atoms with van der Waals surface area (Å²) in [5.74, 6) is 0.712. The van der Waals surface area contributed by atoms with Gasteiger partial charge in [-0.25, -0.2) is 0 Å². The van der Waals surface area contributed by atoms with Crippen LogP contribution >= 0.6 is 12.4 Å². The number of nitrogens with two attached hydrogens (primary N) is 1. The smallest absolute Gasteiger partial charge is 0.249 e. The Morgan fingerprint density at radius 1 is 1.32 bits per heavy atom. The van der Waals surface area contributed by atoms with Crippen LogP contribution in [0.5, 0.6) is 11.5 Å². The molecule has 1 aromatic carbocycles. The van der Waals surface area contributed by atoms with Gasteiger partial charge in [-0.05, 0) is 6.42 Å². The van der Waals surface area contributed by atoms with Crippen LogP contribution in [0.3, 0.4) is 0 Å². The number of carbonyl (C=O) groups is 2. The van der Waals surface area contributed by atoms with Gasteiger partial charge in [0.2, 0.25) is 11.8 Å². The normalized spacial score (nSPS) is 17.7. The van der Waals surface area contributed by atoms with Crippen LogP contribution in [0.1, 0.15) is 13.3 Å². The Balaban J connectivity index is 0.00000312. The molecule has 0 saturated carbocycles. The zero-order chi connectivity index (χ0) is 17.9. The number of nitrogens with zero attached hydrogens (tertiary/aromatic N) is 2. The average Bonchev–Trinajstić information content (AvgIpc) is 3.00. The molecule has 0 radical (unpaired) electrons. The number of methoxy groups -OCH3 is 2. The standard InChI is InChI=1S/C17H25N3O4.ClH/c1-11(10-18)16(21)19(2)15-5-6-20(17(15)22)12-7-13(23-3)9-14(8-12)24-4;/h7-9,11,15H,5-6,10,18H2,1-4H3;1H. The van der Waals surface area contributed by atoms with Crippen molar-refractivity contribution in [2.24, 2.45) is 11.7 Å². The minimum Gasteiger partial charge on any atom is -0.497 e. The molecule has 7 nitrogen and oxygen atoms in total. The molecule has 25 heavy (non-hydrogen) atoms. The third-order valence-corrected chi connectivity index (χ3v) is 4.42. The molecular weight excluding hydrogens is 346 g/mol. The second-order valence-electron chi connectivity index (χ2n) is 5.95. The van der Waals surface area contributed by atoms with E-state index in [-0.39, 0.29) is 36.7 Å². The number of amides is 2. The van der Waals surface area contributed by atoms with Gasteiger partial charge in [0.05, 0.1) is 19.9 Å². The Hall–Kier alpha value is -1.99. The van der Waals surface area contributed by atoms with E-state index in [4.69, 9.17) is 15.2 Å². The van der Waals surface area contributed by atoms with Crippen molar-refractivity contribution in [3.63, 3.8) is 0 Å². The highest BCUT2D eigenvalue weighted by molar-refractivity contribution is 6.01. The van der Waals surface area contributed by atoms with Gasteiger partial charge in [0.15, 0.2) is 0 Å². The molecule has 1 aliphatic rings. The summed E-state index contributed by atoms with van der Waals surface area (Å²) < 4.78 is 10.5. The van der Waals surface area contributed by atoms with Crippen LogP contribution in [-0.2, 0) is 9.59 Å². The molecule has 1 aromatic rings. The van der Waals surface area contributed by atoms with Gasteiger partial charge in [-0.15, -0.1) is 12.4 Å². The zero-order valence-corrected chi connectivity index (χ0v) is 15.8. The minimum atomic E-state index is -0.469. The molecule has 1 fully saturated rings. The van der Waals surface area contributed by atoms with Crippen LogP contribution in [0.2, 0.25) is 0 Å². The van der Waals surface area contributed by atoms with Gasteiger partial charge in [0.1, 0.15) is 17.5 Å². The molecule has 0 bridgehead atoms. The first kappa shape index (κ1) is 21.1. The SMILES string of the molecule is COc1cc(OC)cc(N2CCC(N(C)C(=O)C(C)CN)C2=O)c1.Cl. The molecule has 2 atom stereocenters. The molecule has 1 heterocycles. The van der Waals surface area contributed by atoms with E-state index in [2.05, 4.69) is 0 Å². The summed E-state index contributed by atoms with van der Waals surface area (Å²) in [7, 11) is 4.79. The van der Waals surface area contributed by atoms with E-state index >= 15 is 0 Å². The lowest BCUT2D eigenvalue weighted by Gasteiger charge is -2.26. The quantitative estimate of drug-likeness (QED) is 0.814. The maximum Gasteiger partial charge on any atom is 0.249 e. The first-order valence-electron chi connectivity index (χ1n) is 7.94. The summed E-state index contributed by atoms with van der Waals surface area (Å²) >= 11 is 0. The summed E-state index contributed by atoms with van der Waals surface area (Å²) in [5.41, 5.74) is 6.26. The van der Waals surface area contributed by atoms with Gasteiger partial charge in [0, 0.05) is 44.3 Å². The Labute approximate surface area is 154 Å². The van der Waals surface area contributed by atoms with E-state index < -0.39 is 6.04 Å². The molecule has 140 valence electrons. The fourth-order valence-electron chi connectivity index (χ4n) is 2.83. The monoisotopic (exact) mass is 371 g/mol. The molecule has 1 saturated heterocycles. The van der Waals surface area contributed by atoms with Crippen molar-refractivity contribution in [2.45, 2.75) is 19.4 Å². The Morgan fingerprint density at radius 3 is 2.36 bits per heavy atom. The van der Waals surface area contributed by atoms with Crippen LogP contribution in [-0.4, -0.2) is 57.1 Å². The fraction of sp³-hybridized carbons (Fsp3) is 0.529. The molecule has 2 rings (SSSR count). The van der Waals surface area contributed by atoms with E-state index in [1.807, 2.05) is 0 Å². The minimum absolute atomic E-state index is 0. The maximum atomic E-state index is 12.8. The van der Waals surface area contributed by atoms with E-state index in [0.29, 0.717) is 30.2 Å². The molecule has 2 N–H and O–H groups in total. The largest absolute Gasteiger partial charge is 0.497 e. The van der Waals surface area contributed by atoms with Crippen molar-refractivity contribution < 1.29 is 19.1 Å². The lowest BCUT2D eigenvalue weighted by atomic mass is 10.1. The van der Waals surface area contributed by atoms with Crippen molar-refractivity contribution in [2.75, 3.05) is 39.3 Å². The first-order valence-corrected chi connectivity index (χ1v) is 7.94. The number of carbonyl (C=O) groups excluding carboxylic acids is 2. The third kappa shape index (κ3) is 4.35. The number of hydrogen-bond acceptors (Lipinski definition) is 5. The van der Waals surface area contributed by atoms with Crippen LogP contribution in [0.25, 0.3) is 0 Å². The molecule has 0 spiro atoms. The number of rotatable bonds is 6. The Morgan fingerprint density at radius 2 is 1.88 bits per heavy atom. The van der Waals surface area contributed by atoms with Crippen molar-refractivity contribution in [3.8, 4) is 11.5 Å². The summed E-state index contributed by atoms with van der Waals surface area (Å²) in [6.45, 7) is 2.57. The second kappa shape index (κ2) is 8.92. The lowest BCUT2D eigenvalue weighted by Crippen LogP contribution is -2.46. The Bertz CT molecular complexity index is 604. The predicted octanol–water partition coefficient (Wildman–Crippen LogP) is 1.28. The highest BCUT2D eigenvalue weighted by Crippen LogP contribution is 2.31. The fourth-order valence-corrected chi connectivity index (χ4v) is 2.83. The summed E-state index contributed by atoms with van der Waals surface area (Å²) in [4.78, 5) is 28.2. The van der Waals surface area contributed by atoms with Crippen molar-refractivity contribution in [3.05, 3.63) is 18.2 Å². The maximum absolute atomic E-state index is 12.8. The third-order valence-electron chi connectivity index (χ3n) is 4.42. The van der Waals surface area contributed by atoms with Gasteiger partial charge in [-0.1, -0.05) is 6.92 Å². The molecule has 1 aliphatic heterocycles. The second-order valence-corrected chi connectivity index (χ2v) is 5.95. The van der Waals surface area contributed by atoms with Gasteiger partial charge in [-0.2, -0.15) is 0 Å². The number of anilines is 1. The molecule has 2 unspecified atom stereocenters. The number of hydrogen-bond donors (Lipinski definition) is 1. The van der Waals surface area contributed by atoms with Crippen molar-refractivity contribution in [1.82, 2.24) is 4.90 Å². The highest BCUT2D eigenvalue weighted by Gasteiger charge is 2.38. The summed E-state index contributed by atoms with van der Waals surface area (Å²) in [6, 6.07) is 4.85. The van der Waals surface area contributed by atoms with E-state index in [9.17, 15) is 9.59 Å². The number of halogens is 1.